The number of halogens is 5. The zero-order valence-corrected chi connectivity index (χ0v) is 19.2. The molecule has 5 nitrogen and oxygen atoms in total. The van der Waals surface area contributed by atoms with Crippen molar-refractivity contribution in [1.82, 2.24) is 9.97 Å². The number of aliphatic hydroxyl groups is 1. The van der Waals surface area contributed by atoms with Crippen LogP contribution in [0, 0.1) is 29.1 Å². The number of thiophene rings is 1. The highest BCUT2D eigenvalue weighted by Gasteiger charge is 2.28. The van der Waals surface area contributed by atoms with Gasteiger partial charge in [-0.1, -0.05) is 24.3 Å². The predicted octanol–water partition coefficient (Wildman–Crippen LogP) is 5.34. The lowest BCUT2D eigenvalue weighted by atomic mass is 9.90. The van der Waals surface area contributed by atoms with Crippen molar-refractivity contribution < 1.29 is 31.9 Å². The Balaban J connectivity index is 1.53. The molecule has 1 amide bonds. The number of amides is 1. The first kappa shape index (κ1) is 24.0. The minimum atomic E-state index is -2.29. The Morgan fingerprint density at radius 3 is 2.33 bits per heavy atom. The van der Waals surface area contributed by atoms with Gasteiger partial charge in [0.25, 0.3) is 0 Å². The highest BCUT2D eigenvalue weighted by Crippen LogP contribution is 2.37. The molecule has 0 aliphatic heterocycles. The number of hydrogen-bond acceptors (Lipinski definition) is 5. The molecule has 36 heavy (non-hydrogen) atoms. The lowest BCUT2D eigenvalue weighted by Crippen LogP contribution is -2.21. The maximum Gasteiger partial charge on any atom is 0.230 e. The van der Waals surface area contributed by atoms with Gasteiger partial charge in [0.15, 0.2) is 29.1 Å². The zero-order valence-electron chi connectivity index (χ0n) is 18.3. The van der Waals surface area contributed by atoms with E-state index in [4.69, 9.17) is 4.98 Å². The summed E-state index contributed by atoms with van der Waals surface area (Å²) in [5.74, 6) is -11.7. The van der Waals surface area contributed by atoms with Crippen molar-refractivity contribution in [3.8, 4) is 21.8 Å². The molecule has 11 heteroatoms. The highest BCUT2D eigenvalue weighted by atomic mass is 32.1. The normalized spacial score (nSPS) is 12.3. The molecule has 0 saturated heterocycles. The van der Waals surface area contributed by atoms with Crippen LogP contribution in [0.25, 0.3) is 21.8 Å². The molecule has 0 fully saturated rings. The molecule has 184 valence electrons. The van der Waals surface area contributed by atoms with Gasteiger partial charge in [-0.2, -0.15) is 0 Å². The Labute approximate surface area is 205 Å². The summed E-state index contributed by atoms with van der Waals surface area (Å²) in [5.41, 5.74) is 2.82. The predicted molar refractivity (Wildman–Crippen MR) is 123 cm³/mol. The number of aliphatic hydroxyl groups excluding tert-OH is 1. The summed E-state index contributed by atoms with van der Waals surface area (Å²) in [5, 5.41) is 13.7. The standard InChI is InChI=1S/C25H16F5N3O2S/c26-18-14(19(27)21(29)22(30)20(18)28)9-17(35)32-25-24(16-2-1-7-36-16)33-23-13-5-3-11(10-34)8-12(13)4-6-15(23)31-25/h1-3,5,7-8,34H,4,6,9-10H2,(H,31,32,35). The van der Waals surface area contributed by atoms with Crippen LogP contribution in [0.2, 0.25) is 0 Å². The Morgan fingerprint density at radius 1 is 0.944 bits per heavy atom. The molecular formula is C25H16F5N3O2S. The number of carbonyl (C=O) groups excluding carboxylic acids is 1. The highest BCUT2D eigenvalue weighted by molar-refractivity contribution is 7.13. The molecule has 2 aromatic heterocycles. The summed E-state index contributed by atoms with van der Waals surface area (Å²) in [6.07, 6.45) is -0.00219. The summed E-state index contributed by atoms with van der Waals surface area (Å²) in [6.45, 7) is -0.0970. The van der Waals surface area contributed by atoms with Gasteiger partial charge in [0, 0.05) is 11.1 Å². The van der Waals surface area contributed by atoms with E-state index >= 15 is 0 Å². The maximum absolute atomic E-state index is 14.1. The van der Waals surface area contributed by atoms with Crippen molar-refractivity contribution in [3.05, 3.63) is 87.2 Å². The van der Waals surface area contributed by atoms with Gasteiger partial charge < -0.3 is 10.4 Å². The van der Waals surface area contributed by atoms with Crippen LogP contribution >= 0.6 is 11.3 Å². The van der Waals surface area contributed by atoms with Gasteiger partial charge in [0.2, 0.25) is 11.7 Å². The van der Waals surface area contributed by atoms with Crippen molar-refractivity contribution in [1.29, 1.82) is 0 Å². The fourth-order valence-electron chi connectivity index (χ4n) is 4.11. The zero-order chi connectivity index (χ0) is 25.6. The maximum atomic E-state index is 14.1. The SMILES string of the molecule is O=C(Cc1c(F)c(F)c(F)c(F)c1F)Nc1nc2c(nc1-c1cccs1)-c1ccc(CO)cc1CC2. The number of anilines is 1. The number of nitrogens with zero attached hydrogens (tertiary/aromatic N) is 2. The molecule has 2 N–H and O–H groups in total. The van der Waals surface area contributed by atoms with Crippen molar-refractivity contribution >= 4 is 23.1 Å². The fraction of sp³-hybridized carbons (Fsp3) is 0.160. The first-order valence-electron chi connectivity index (χ1n) is 10.8. The Morgan fingerprint density at radius 2 is 1.67 bits per heavy atom. The number of aryl methyl sites for hydroxylation is 2. The molecular weight excluding hydrogens is 501 g/mol. The first-order valence-corrected chi connectivity index (χ1v) is 11.6. The van der Waals surface area contributed by atoms with Crippen molar-refractivity contribution in [2.75, 3.05) is 5.32 Å². The van der Waals surface area contributed by atoms with Gasteiger partial charge in [-0.25, -0.2) is 31.9 Å². The van der Waals surface area contributed by atoms with E-state index in [0.29, 0.717) is 34.8 Å². The Hall–Kier alpha value is -3.70. The van der Waals surface area contributed by atoms with Gasteiger partial charge >= 0.3 is 0 Å². The molecule has 2 heterocycles. The lowest BCUT2D eigenvalue weighted by molar-refractivity contribution is -0.115. The fourth-order valence-corrected chi connectivity index (χ4v) is 4.83. The number of hydrogen-bond donors (Lipinski definition) is 2. The van der Waals surface area contributed by atoms with Crippen LogP contribution in [0.5, 0.6) is 0 Å². The summed E-state index contributed by atoms with van der Waals surface area (Å²) < 4.78 is 68.6. The summed E-state index contributed by atoms with van der Waals surface area (Å²) in [4.78, 5) is 22.6. The van der Waals surface area contributed by atoms with Crippen molar-refractivity contribution in [2.24, 2.45) is 0 Å². The molecule has 4 aromatic rings. The van der Waals surface area contributed by atoms with E-state index in [-0.39, 0.29) is 12.4 Å². The van der Waals surface area contributed by atoms with E-state index in [0.717, 1.165) is 16.7 Å². The van der Waals surface area contributed by atoms with E-state index < -0.39 is 47.0 Å². The van der Waals surface area contributed by atoms with Gasteiger partial charge in [-0.05, 0) is 35.4 Å². The second kappa shape index (κ2) is 9.40. The van der Waals surface area contributed by atoms with Crippen LogP contribution < -0.4 is 5.32 Å². The largest absolute Gasteiger partial charge is 0.392 e. The molecule has 0 radical (unpaired) electrons. The van der Waals surface area contributed by atoms with E-state index in [9.17, 15) is 31.9 Å². The van der Waals surface area contributed by atoms with Gasteiger partial charge in [0.1, 0.15) is 5.69 Å². The molecule has 2 aromatic carbocycles. The molecule has 0 bridgehead atoms. The quantitative estimate of drug-likeness (QED) is 0.213. The minimum absolute atomic E-state index is 0.0144. The molecule has 1 aliphatic carbocycles. The van der Waals surface area contributed by atoms with Crippen LogP contribution in [0.15, 0.2) is 35.7 Å². The number of fused-ring (bicyclic) bond motifs is 3. The van der Waals surface area contributed by atoms with Gasteiger partial charge in [-0.15, -0.1) is 11.3 Å². The number of benzene rings is 2. The van der Waals surface area contributed by atoms with Crippen LogP contribution in [0.1, 0.15) is 22.4 Å². The third-order valence-electron chi connectivity index (χ3n) is 5.86. The molecule has 0 saturated carbocycles. The summed E-state index contributed by atoms with van der Waals surface area (Å²) in [7, 11) is 0. The number of rotatable bonds is 5. The second-order valence-electron chi connectivity index (χ2n) is 8.12. The average Bonchev–Trinajstić information content (AvgIpc) is 3.43. The number of aromatic nitrogens is 2. The molecule has 0 unspecified atom stereocenters. The van der Waals surface area contributed by atoms with Crippen molar-refractivity contribution in [2.45, 2.75) is 25.9 Å². The molecule has 0 spiro atoms. The summed E-state index contributed by atoms with van der Waals surface area (Å²) in [6, 6.07) is 9.03. The van der Waals surface area contributed by atoms with E-state index in [1.807, 2.05) is 12.1 Å². The molecule has 5 rings (SSSR count). The topological polar surface area (TPSA) is 75.1 Å². The summed E-state index contributed by atoms with van der Waals surface area (Å²) >= 11 is 1.32. The van der Waals surface area contributed by atoms with E-state index in [1.165, 1.54) is 11.3 Å². The monoisotopic (exact) mass is 517 g/mol. The lowest BCUT2D eigenvalue weighted by Gasteiger charge is -2.21. The van der Waals surface area contributed by atoms with Crippen LogP contribution in [-0.2, 0) is 30.7 Å². The smallest absolute Gasteiger partial charge is 0.230 e. The van der Waals surface area contributed by atoms with Gasteiger partial charge in [0.05, 0.1) is 29.3 Å². The number of carbonyl (C=O) groups is 1. The molecule has 0 atom stereocenters. The van der Waals surface area contributed by atoms with Gasteiger partial charge in [-0.3, -0.25) is 4.79 Å². The third kappa shape index (κ3) is 4.14. The van der Waals surface area contributed by atoms with E-state index in [2.05, 4.69) is 10.3 Å². The minimum Gasteiger partial charge on any atom is -0.392 e. The number of nitrogens with one attached hydrogen (secondary N) is 1. The van der Waals surface area contributed by atoms with Crippen LogP contribution in [0.3, 0.4) is 0 Å². The second-order valence-corrected chi connectivity index (χ2v) is 9.06. The van der Waals surface area contributed by atoms with Crippen LogP contribution in [-0.4, -0.2) is 21.0 Å². The third-order valence-corrected chi connectivity index (χ3v) is 6.73. The Bertz CT molecular complexity index is 1480. The van der Waals surface area contributed by atoms with Crippen molar-refractivity contribution in [3.63, 3.8) is 0 Å². The first-order chi connectivity index (χ1) is 17.3. The van der Waals surface area contributed by atoms with E-state index in [1.54, 1.807) is 23.6 Å². The Kier molecular flexibility index (Phi) is 6.27. The average molecular weight is 517 g/mol. The molecule has 1 aliphatic rings. The van der Waals surface area contributed by atoms with Crippen LogP contribution in [0.4, 0.5) is 27.8 Å².